The van der Waals surface area contributed by atoms with Crippen molar-refractivity contribution in [3.63, 3.8) is 0 Å². The Bertz CT molecular complexity index is 702. The highest BCUT2D eigenvalue weighted by molar-refractivity contribution is 5.47. The molecule has 0 aliphatic carbocycles. The average Bonchev–Trinajstić information content (AvgIpc) is 2.84. The molecule has 0 saturated heterocycles. The lowest BCUT2D eigenvalue weighted by atomic mass is 10.1. The maximum Gasteiger partial charge on any atom is 0.137 e. The van der Waals surface area contributed by atoms with Crippen molar-refractivity contribution >= 4 is 11.5 Å². The van der Waals surface area contributed by atoms with Gasteiger partial charge in [-0.15, -0.1) is 0 Å². The summed E-state index contributed by atoms with van der Waals surface area (Å²) >= 11 is 0. The fraction of sp³-hybridized carbons (Fsp3) is 0.143. The van der Waals surface area contributed by atoms with Crippen LogP contribution in [0, 0.1) is 6.92 Å². The molecule has 96 valence electrons. The fourth-order valence-corrected chi connectivity index (χ4v) is 2.07. The summed E-state index contributed by atoms with van der Waals surface area (Å²) in [4.78, 5) is 8.45. The molecule has 0 aromatic carbocycles. The Hall–Kier alpha value is -2.40. The molecule has 1 atom stereocenters. The van der Waals surface area contributed by atoms with E-state index >= 15 is 0 Å². The number of aliphatic hydroxyl groups is 1. The maximum atomic E-state index is 10.4. The second-order valence-corrected chi connectivity index (χ2v) is 4.52. The summed E-state index contributed by atoms with van der Waals surface area (Å²) in [5.41, 5.74) is 8.70. The number of anilines is 1. The van der Waals surface area contributed by atoms with E-state index in [0.717, 1.165) is 11.2 Å². The lowest BCUT2D eigenvalue weighted by molar-refractivity contribution is 0.216. The number of pyridine rings is 2. The van der Waals surface area contributed by atoms with Gasteiger partial charge in [-0.1, -0.05) is 6.07 Å². The first-order chi connectivity index (χ1) is 9.15. The van der Waals surface area contributed by atoms with Gasteiger partial charge in [-0.05, 0) is 30.7 Å². The summed E-state index contributed by atoms with van der Waals surface area (Å²) in [5, 5.41) is 10.4. The molecule has 3 heterocycles. The van der Waals surface area contributed by atoms with Gasteiger partial charge >= 0.3 is 0 Å². The number of nitrogen functional groups attached to an aromatic ring is 1. The number of aliphatic hydroxyl groups excluding tert-OH is 1. The van der Waals surface area contributed by atoms with E-state index in [0.29, 0.717) is 17.1 Å². The van der Waals surface area contributed by atoms with Gasteiger partial charge in [0.05, 0.1) is 5.69 Å². The molecule has 0 radical (unpaired) electrons. The number of aryl methyl sites for hydroxylation is 1. The SMILES string of the molecule is Cc1cnc(N)c(C(O)c2cn3ccccc3n2)c1. The van der Waals surface area contributed by atoms with E-state index in [-0.39, 0.29) is 0 Å². The Morgan fingerprint density at radius 1 is 1.37 bits per heavy atom. The minimum absolute atomic E-state index is 0.329. The van der Waals surface area contributed by atoms with Crippen LogP contribution in [0.25, 0.3) is 5.65 Å². The Morgan fingerprint density at radius 2 is 2.21 bits per heavy atom. The van der Waals surface area contributed by atoms with Crippen LogP contribution in [-0.2, 0) is 0 Å². The topological polar surface area (TPSA) is 76.4 Å². The normalized spacial score (nSPS) is 12.7. The molecule has 1 unspecified atom stereocenters. The van der Waals surface area contributed by atoms with Crippen molar-refractivity contribution < 1.29 is 5.11 Å². The van der Waals surface area contributed by atoms with Gasteiger partial charge in [-0.2, -0.15) is 0 Å². The third-order valence-electron chi connectivity index (χ3n) is 3.04. The standard InChI is InChI=1S/C14H14N4O/c1-9-6-10(14(15)16-7-9)13(19)11-8-18-5-3-2-4-12(18)17-11/h2-8,13,19H,1H3,(H2,15,16). The van der Waals surface area contributed by atoms with E-state index in [2.05, 4.69) is 9.97 Å². The van der Waals surface area contributed by atoms with Crippen molar-refractivity contribution in [2.45, 2.75) is 13.0 Å². The number of fused-ring (bicyclic) bond motifs is 1. The molecule has 0 aliphatic rings. The molecule has 0 spiro atoms. The third-order valence-corrected chi connectivity index (χ3v) is 3.04. The van der Waals surface area contributed by atoms with Gasteiger partial charge in [0.1, 0.15) is 17.6 Å². The van der Waals surface area contributed by atoms with Gasteiger partial charge in [0.2, 0.25) is 0 Å². The Balaban J connectivity index is 2.07. The first-order valence-electron chi connectivity index (χ1n) is 5.99. The number of aromatic nitrogens is 3. The highest BCUT2D eigenvalue weighted by Gasteiger charge is 2.17. The fourth-order valence-electron chi connectivity index (χ4n) is 2.07. The van der Waals surface area contributed by atoms with Gasteiger partial charge in [-0.3, -0.25) is 0 Å². The van der Waals surface area contributed by atoms with E-state index in [1.165, 1.54) is 0 Å². The zero-order valence-electron chi connectivity index (χ0n) is 10.5. The summed E-state index contributed by atoms with van der Waals surface area (Å²) in [6.45, 7) is 1.91. The van der Waals surface area contributed by atoms with E-state index in [1.54, 1.807) is 12.4 Å². The second kappa shape index (κ2) is 4.37. The maximum absolute atomic E-state index is 10.4. The number of hydrogen-bond acceptors (Lipinski definition) is 4. The van der Waals surface area contributed by atoms with Crippen LogP contribution in [0.3, 0.4) is 0 Å². The van der Waals surface area contributed by atoms with Crippen molar-refractivity contribution in [3.8, 4) is 0 Å². The third kappa shape index (κ3) is 2.04. The van der Waals surface area contributed by atoms with Crippen LogP contribution in [0.4, 0.5) is 5.82 Å². The summed E-state index contributed by atoms with van der Waals surface area (Å²) in [6, 6.07) is 7.53. The first-order valence-corrected chi connectivity index (χ1v) is 5.99. The molecule has 5 heteroatoms. The average molecular weight is 254 g/mol. The summed E-state index contributed by atoms with van der Waals surface area (Å²) in [7, 11) is 0. The largest absolute Gasteiger partial charge is 0.383 e. The number of nitrogens with two attached hydrogens (primary N) is 1. The van der Waals surface area contributed by atoms with Crippen LogP contribution in [0.15, 0.2) is 42.9 Å². The van der Waals surface area contributed by atoms with E-state index < -0.39 is 6.10 Å². The highest BCUT2D eigenvalue weighted by atomic mass is 16.3. The quantitative estimate of drug-likeness (QED) is 0.729. The van der Waals surface area contributed by atoms with Crippen LogP contribution in [0.1, 0.15) is 22.9 Å². The van der Waals surface area contributed by atoms with Crippen molar-refractivity contribution in [2.75, 3.05) is 5.73 Å². The summed E-state index contributed by atoms with van der Waals surface area (Å²) in [5.74, 6) is 0.329. The predicted octanol–water partition coefficient (Wildman–Crippen LogP) is 1.70. The molecule has 0 bridgehead atoms. The smallest absolute Gasteiger partial charge is 0.137 e. The van der Waals surface area contributed by atoms with Gasteiger partial charge < -0.3 is 15.2 Å². The highest BCUT2D eigenvalue weighted by Crippen LogP contribution is 2.25. The monoisotopic (exact) mass is 254 g/mol. The van der Waals surface area contributed by atoms with Crippen molar-refractivity contribution in [1.29, 1.82) is 0 Å². The van der Waals surface area contributed by atoms with Crippen molar-refractivity contribution in [3.05, 3.63) is 59.7 Å². The summed E-state index contributed by atoms with van der Waals surface area (Å²) < 4.78 is 1.86. The van der Waals surface area contributed by atoms with Gasteiger partial charge in [-0.25, -0.2) is 9.97 Å². The van der Waals surface area contributed by atoms with Crippen molar-refractivity contribution in [2.24, 2.45) is 0 Å². The predicted molar refractivity (Wildman–Crippen MR) is 72.6 cm³/mol. The second-order valence-electron chi connectivity index (χ2n) is 4.52. The van der Waals surface area contributed by atoms with Crippen LogP contribution in [0.5, 0.6) is 0 Å². The lowest BCUT2D eigenvalue weighted by Crippen LogP contribution is -2.06. The van der Waals surface area contributed by atoms with Crippen LogP contribution < -0.4 is 5.73 Å². The number of hydrogen-bond donors (Lipinski definition) is 2. The zero-order chi connectivity index (χ0) is 13.4. The molecule has 19 heavy (non-hydrogen) atoms. The first kappa shape index (κ1) is 11.7. The molecule has 0 amide bonds. The number of rotatable bonds is 2. The molecular weight excluding hydrogens is 240 g/mol. The molecule has 0 saturated carbocycles. The molecule has 3 rings (SSSR count). The molecule has 5 nitrogen and oxygen atoms in total. The molecule has 3 aromatic rings. The molecular formula is C14H14N4O. The van der Waals surface area contributed by atoms with E-state index in [9.17, 15) is 5.11 Å². The van der Waals surface area contributed by atoms with Gasteiger partial charge in [0.25, 0.3) is 0 Å². The molecule has 0 fully saturated rings. The minimum atomic E-state index is -0.868. The Morgan fingerprint density at radius 3 is 3.00 bits per heavy atom. The van der Waals surface area contributed by atoms with Gasteiger partial charge in [0, 0.05) is 24.2 Å². The molecule has 0 aliphatic heterocycles. The molecule has 3 aromatic heterocycles. The Labute approximate surface area is 110 Å². The van der Waals surface area contributed by atoms with Crippen LogP contribution in [0.2, 0.25) is 0 Å². The summed E-state index contributed by atoms with van der Waals surface area (Å²) in [6.07, 6.45) is 4.49. The van der Waals surface area contributed by atoms with Crippen molar-refractivity contribution in [1.82, 2.24) is 14.4 Å². The Kier molecular flexibility index (Phi) is 2.68. The van der Waals surface area contributed by atoms with Crippen LogP contribution >= 0.6 is 0 Å². The minimum Gasteiger partial charge on any atom is -0.383 e. The molecule has 3 N–H and O–H groups in total. The van der Waals surface area contributed by atoms with E-state index in [1.807, 2.05) is 41.8 Å². The lowest BCUT2D eigenvalue weighted by Gasteiger charge is -2.10. The number of imidazole rings is 1. The van der Waals surface area contributed by atoms with E-state index in [4.69, 9.17) is 5.73 Å². The van der Waals surface area contributed by atoms with Crippen LogP contribution in [-0.4, -0.2) is 19.5 Å². The van der Waals surface area contributed by atoms with Gasteiger partial charge in [0.15, 0.2) is 0 Å². The number of nitrogens with zero attached hydrogens (tertiary/aromatic N) is 3. The zero-order valence-corrected chi connectivity index (χ0v) is 10.5.